The van der Waals surface area contributed by atoms with Crippen molar-refractivity contribution in [1.29, 1.82) is 0 Å². The van der Waals surface area contributed by atoms with Crippen LogP contribution in [0.5, 0.6) is 0 Å². The van der Waals surface area contributed by atoms with Crippen molar-refractivity contribution >= 4 is 11.9 Å². The Morgan fingerprint density at radius 3 is 2.67 bits per heavy atom. The van der Waals surface area contributed by atoms with E-state index in [9.17, 15) is 4.79 Å². The Bertz CT molecular complexity index is 459. The lowest BCUT2D eigenvalue weighted by Crippen LogP contribution is -2.47. The van der Waals surface area contributed by atoms with Crippen molar-refractivity contribution in [2.75, 3.05) is 20.3 Å². The van der Waals surface area contributed by atoms with E-state index in [1.807, 2.05) is 37.3 Å². The minimum Gasteiger partial charge on any atom is -0.381 e. The van der Waals surface area contributed by atoms with Crippen LogP contribution in [0.15, 0.2) is 35.3 Å². The first kappa shape index (κ1) is 12.6. The summed E-state index contributed by atoms with van der Waals surface area (Å²) in [7, 11) is 1.58. The number of hydrogen-bond acceptors (Lipinski definition) is 3. The molecule has 1 heterocycles. The summed E-state index contributed by atoms with van der Waals surface area (Å²) in [4.78, 5) is 16.4. The Balaban J connectivity index is 2.40. The fourth-order valence-electron chi connectivity index (χ4n) is 2.07. The van der Waals surface area contributed by atoms with Crippen LogP contribution in [0.2, 0.25) is 0 Å². The molecule has 0 aliphatic carbocycles. The summed E-state index contributed by atoms with van der Waals surface area (Å²) < 4.78 is 5.20. The highest BCUT2D eigenvalue weighted by Crippen LogP contribution is 2.25. The van der Waals surface area contributed by atoms with Gasteiger partial charge >= 0.3 is 0 Å². The number of hydrogen-bond donors (Lipinski definition) is 2. The molecular weight excluding hydrogens is 230 g/mol. The average molecular weight is 247 g/mol. The van der Waals surface area contributed by atoms with Crippen LogP contribution in [0.25, 0.3) is 0 Å². The first-order valence-corrected chi connectivity index (χ1v) is 5.91. The molecule has 1 aromatic rings. The number of aliphatic imine (C=N–C) groups is 1. The third-order valence-electron chi connectivity index (χ3n) is 2.90. The molecule has 1 amide bonds. The monoisotopic (exact) mass is 247 g/mol. The molecule has 96 valence electrons. The molecule has 1 aliphatic heterocycles. The summed E-state index contributed by atoms with van der Waals surface area (Å²) in [5.41, 5.74) is -0.0186. The zero-order chi connectivity index (χ0) is 13.0. The zero-order valence-corrected chi connectivity index (χ0v) is 10.6. The van der Waals surface area contributed by atoms with Crippen LogP contribution in [0.1, 0.15) is 12.5 Å². The van der Waals surface area contributed by atoms with E-state index in [4.69, 9.17) is 4.74 Å². The van der Waals surface area contributed by atoms with Gasteiger partial charge in [0.05, 0.1) is 6.61 Å². The van der Waals surface area contributed by atoms with Gasteiger partial charge in [0.1, 0.15) is 0 Å². The number of guanidine groups is 1. The number of nitrogens with zero attached hydrogens (tertiary/aromatic N) is 1. The number of amides is 1. The maximum atomic E-state index is 12.2. The molecule has 0 bridgehead atoms. The lowest BCUT2D eigenvalue weighted by Gasteiger charge is -2.25. The minimum absolute atomic E-state index is 0.136. The van der Waals surface area contributed by atoms with Crippen molar-refractivity contribution < 1.29 is 9.53 Å². The summed E-state index contributed by atoms with van der Waals surface area (Å²) in [6.45, 7) is 2.78. The standard InChI is InChI=1S/C13H17N3O2/c1-3-14-12-15-11(17)13(16-12,9-18-2)10-7-5-4-6-8-10/h4-8H,3,9H2,1-2H3,(H2,14,15,16,17). The fraction of sp³-hybridized carbons (Fsp3) is 0.385. The fourth-order valence-corrected chi connectivity index (χ4v) is 2.07. The number of benzene rings is 1. The van der Waals surface area contributed by atoms with Gasteiger partial charge in [0.2, 0.25) is 0 Å². The Hall–Kier alpha value is -1.88. The van der Waals surface area contributed by atoms with E-state index in [2.05, 4.69) is 15.6 Å². The van der Waals surface area contributed by atoms with E-state index in [1.54, 1.807) is 7.11 Å². The van der Waals surface area contributed by atoms with E-state index in [0.29, 0.717) is 12.5 Å². The second-order valence-electron chi connectivity index (χ2n) is 4.11. The van der Waals surface area contributed by atoms with Gasteiger partial charge in [-0.1, -0.05) is 30.3 Å². The molecule has 2 N–H and O–H groups in total. The van der Waals surface area contributed by atoms with Gasteiger partial charge in [-0.15, -0.1) is 0 Å². The van der Waals surface area contributed by atoms with Crippen molar-refractivity contribution in [3.05, 3.63) is 35.9 Å². The lowest BCUT2D eigenvalue weighted by molar-refractivity contribution is -0.126. The molecule has 5 heteroatoms. The normalized spacial score (nSPS) is 25.0. The van der Waals surface area contributed by atoms with Gasteiger partial charge in [0, 0.05) is 13.7 Å². The molecule has 5 nitrogen and oxygen atoms in total. The second kappa shape index (κ2) is 5.18. The second-order valence-corrected chi connectivity index (χ2v) is 4.11. The third-order valence-corrected chi connectivity index (χ3v) is 2.90. The summed E-state index contributed by atoms with van der Waals surface area (Å²) >= 11 is 0. The van der Waals surface area contributed by atoms with Crippen LogP contribution in [0, 0.1) is 0 Å². The Morgan fingerprint density at radius 1 is 1.33 bits per heavy atom. The number of methoxy groups -OCH3 is 1. The van der Waals surface area contributed by atoms with Gasteiger partial charge in [-0.05, 0) is 12.5 Å². The van der Waals surface area contributed by atoms with Gasteiger partial charge < -0.3 is 10.1 Å². The first-order valence-electron chi connectivity index (χ1n) is 5.91. The quantitative estimate of drug-likeness (QED) is 0.820. The van der Waals surface area contributed by atoms with Crippen molar-refractivity contribution in [2.24, 2.45) is 4.99 Å². The summed E-state index contributed by atoms with van der Waals surface area (Å²) in [5, 5.41) is 5.89. The molecule has 0 radical (unpaired) electrons. The summed E-state index contributed by atoms with van der Waals surface area (Å²) in [6, 6.07) is 9.52. The van der Waals surface area contributed by atoms with Crippen molar-refractivity contribution in [1.82, 2.24) is 10.6 Å². The molecular formula is C13H17N3O2. The molecule has 1 aromatic carbocycles. The Labute approximate surface area is 106 Å². The number of carbonyl (C=O) groups is 1. The Kier molecular flexibility index (Phi) is 3.62. The molecule has 1 saturated heterocycles. The van der Waals surface area contributed by atoms with Crippen LogP contribution in [0.4, 0.5) is 0 Å². The minimum atomic E-state index is -0.885. The first-order chi connectivity index (χ1) is 8.73. The number of ether oxygens (including phenoxy) is 1. The highest BCUT2D eigenvalue weighted by atomic mass is 16.5. The number of rotatable bonds is 4. The van der Waals surface area contributed by atoms with Gasteiger partial charge in [-0.2, -0.15) is 0 Å². The zero-order valence-electron chi connectivity index (χ0n) is 10.6. The van der Waals surface area contributed by atoms with Crippen molar-refractivity contribution in [3.8, 4) is 0 Å². The van der Waals surface area contributed by atoms with Gasteiger partial charge in [0.25, 0.3) is 5.91 Å². The van der Waals surface area contributed by atoms with Crippen LogP contribution in [-0.2, 0) is 15.1 Å². The smallest absolute Gasteiger partial charge is 0.259 e. The predicted octanol–water partition coefficient (Wildman–Crippen LogP) is 0.624. The SMILES string of the molecule is CCN=C1NC(=O)C(COC)(c2ccccc2)N1. The van der Waals surface area contributed by atoms with E-state index in [1.165, 1.54) is 0 Å². The lowest BCUT2D eigenvalue weighted by atomic mass is 9.91. The predicted molar refractivity (Wildman–Crippen MR) is 69.3 cm³/mol. The third kappa shape index (κ3) is 2.09. The van der Waals surface area contributed by atoms with Crippen molar-refractivity contribution in [3.63, 3.8) is 0 Å². The van der Waals surface area contributed by atoms with Crippen molar-refractivity contribution in [2.45, 2.75) is 12.5 Å². The molecule has 0 aromatic heterocycles. The Morgan fingerprint density at radius 2 is 2.06 bits per heavy atom. The van der Waals surface area contributed by atoms with Crippen LogP contribution in [-0.4, -0.2) is 32.1 Å². The molecule has 2 rings (SSSR count). The molecule has 1 fully saturated rings. The van der Waals surface area contributed by atoms with E-state index in [-0.39, 0.29) is 12.5 Å². The van der Waals surface area contributed by atoms with E-state index >= 15 is 0 Å². The summed E-state index contributed by atoms with van der Waals surface area (Å²) in [6.07, 6.45) is 0. The van der Waals surface area contributed by atoms with E-state index in [0.717, 1.165) is 5.56 Å². The van der Waals surface area contributed by atoms with Crippen LogP contribution >= 0.6 is 0 Å². The largest absolute Gasteiger partial charge is 0.381 e. The van der Waals surface area contributed by atoms with Gasteiger partial charge in [-0.25, -0.2) is 0 Å². The molecule has 0 saturated carbocycles. The molecule has 18 heavy (non-hydrogen) atoms. The molecule has 1 atom stereocenters. The average Bonchev–Trinajstić information content (AvgIpc) is 2.69. The van der Waals surface area contributed by atoms with Gasteiger partial charge in [-0.3, -0.25) is 15.1 Å². The number of nitrogens with one attached hydrogen (secondary N) is 2. The maximum Gasteiger partial charge on any atom is 0.259 e. The van der Waals surface area contributed by atoms with E-state index < -0.39 is 5.54 Å². The summed E-state index contributed by atoms with van der Waals surface area (Å²) in [5.74, 6) is 0.367. The molecule has 1 unspecified atom stereocenters. The highest BCUT2D eigenvalue weighted by molar-refractivity contribution is 6.09. The van der Waals surface area contributed by atoms with Crippen LogP contribution < -0.4 is 10.6 Å². The maximum absolute atomic E-state index is 12.2. The van der Waals surface area contributed by atoms with Crippen LogP contribution in [0.3, 0.4) is 0 Å². The number of carbonyl (C=O) groups excluding carboxylic acids is 1. The van der Waals surface area contributed by atoms with Gasteiger partial charge in [0.15, 0.2) is 11.5 Å². The topological polar surface area (TPSA) is 62.7 Å². The molecule has 1 aliphatic rings. The highest BCUT2D eigenvalue weighted by Gasteiger charge is 2.46. The molecule has 0 spiro atoms.